The van der Waals surface area contributed by atoms with Crippen molar-refractivity contribution in [3.05, 3.63) is 28.8 Å². The summed E-state index contributed by atoms with van der Waals surface area (Å²) in [6, 6.07) is 3.11. The Morgan fingerprint density at radius 3 is 2.35 bits per heavy atom. The molecule has 0 radical (unpaired) electrons. The van der Waals surface area contributed by atoms with Crippen molar-refractivity contribution in [3.63, 3.8) is 0 Å². The van der Waals surface area contributed by atoms with E-state index in [1.807, 2.05) is 0 Å². The maximum Gasteiger partial charge on any atom is 0.336 e. The molecule has 1 aromatic rings. The molecule has 0 aliphatic carbocycles. The summed E-state index contributed by atoms with van der Waals surface area (Å²) in [5.41, 5.74) is 2.00. The second kappa shape index (κ2) is 6.18. The topological polar surface area (TPSA) is 86.7 Å². The zero-order valence-corrected chi connectivity index (χ0v) is 12.0. The highest BCUT2D eigenvalue weighted by atomic mass is 16.4. The largest absolute Gasteiger partial charge is 0.478 e. The summed E-state index contributed by atoms with van der Waals surface area (Å²) in [7, 11) is 1.52. The zero-order valence-electron chi connectivity index (χ0n) is 12.0. The summed E-state index contributed by atoms with van der Waals surface area (Å²) >= 11 is 0. The lowest BCUT2D eigenvalue weighted by molar-refractivity contribution is -0.131. The Kier molecular flexibility index (Phi) is 4.85. The molecule has 0 aromatic heterocycles. The molecule has 0 unspecified atom stereocenters. The Morgan fingerprint density at radius 1 is 1.25 bits per heavy atom. The molecule has 2 amide bonds. The SMILES string of the molecule is CC(=O)N(C)CC(=O)Nc1cc(C)c(C)c(C(=O)O)c1. The minimum atomic E-state index is -1.04. The zero-order chi connectivity index (χ0) is 15.4. The second-order valence-corrected chi connectivity index (χ2v) is 4.69. The van der Waals surface area contributed by atoms with Crippen LogP contribution in [0.4, 0.5) is 5.69 Å². The molecule has 0 aliphatic rings. The van der Waals surface area contributed by atoms with E-state index in [9.17, 15) is 14.4 Å². The molecule has 1 aromatic carbocycles. The van der Waals surface area contributed by atoms with E-state index in [0.29, 0.717) is 11.3 Å². The molecule has 1 rings (SSSR count). The predicted molar refractivity (Wildman–Crippen MR) is 74.8 cm³/mol. The fourth-order valence-electron chi connectivity index (χ4n) is 1.68. The summed E-state index contributed by atoms with van der Waals surface area (Å²) in [5, 5.41) is 11.7. The van der Waals surface area contributed by atoms with E-state index in [4.69, 9.17) is 5.11 Å². The van der Waals surface area contributed by atoms with Gasteiger partial charge in [-0.05, 0) is 37.1 Å². The molecule has 0 saturated heterocycles. The van der Waals surface area contributed by atoms with Crippen LogP contribution in [0, 0.1) is 13.8 Å². The third kappa shape index (κ3) is 3.81. The number of carboxylic acids is 1. The Labute approximate surface area is 117 Å². The van der Waals surface area contributed by atoms with Crippen LogP contribution < -0.4 is 5.32 Å². The van der Waals surface area contributed by atoms with Crippen LogP contribution in [0.25, 0.3) is 0 Å². The summed E-state index contributed by atoms with van der Waals surface area (Å²) in [5.74, 6) is -1.63. The van der Waals surface area contributed by atoms with Crippen molar-refractivity contribution in [2.45, 2.75) is 20.8 Å². The lowest BCUT2D eigenvalue weighted by atomic mass is 10.0. The molecule has 0 heterocycles. The number of carbonyl (C=O) groups excluding carboxylic acids is 2. The third-order valence-corrected chi connectivity index (χ3v) is 3.10. The van der Waals surface area contributed by atoms with E-state index < -0.39 is 5.97 Å². The van der Waals surface area contributed by atoms with Crippen LogP contribution in [0.5, 0.6) is 0 Å². The van der Waals surface area contributed by atoms with Crippen molar-refractivity contribution in [2.24, 2.45) is 0 Å². The molecule has 0 spiro atoms. The van der Waals surface area contributed by atoms with Gasteiger partial charge in [-0.1, -0.05) is 0 Å². The van der Waals surface area contributed by atoms with Gasteiger partial charge >= 0.3 is 5.97 Å². The van der Waals surface area contributed by atoms with Gasteiger partial charge in [-0.2, -0.15) is 0 Å². The average Bonchev–Trinajstić information content (AvgIpc) is 2.32. The smallest absolute Gasteiger partial charge is 0.336 e. The molecular formula is C14H18N2O4. The second-order valence-electron chi connectivity index (χ2n) is 4.69. The van der Waals surface area contributed by atoms with E-state index in [1.165, 1.54) is 24.9 Å². The number of amides is 2. The molecule has 108 valence electrons. The van der Waals surface area contributed by atoms with Crippen LogP contribution in [-0.4, -0.2) is 41.4 Å². The van der Waals surface area contributed by atoms with E-state index in [-0.39, 0.29) is 23.9 Å². The van der Waals surface area contributed by atoms with Gasteiger partial charge in [-0.3, -0.25) is 9.59 Å². The summed E-state index contributed by atoms with van der Waals surface area (Å²) in [4.78, 5) is 35.2. The number of carbonyl (C=O) groups is 3. The number of aromatic carboxylic acids is 1. The minimum absolute atomic E-state index is 0.0787. The normalized spacial score (nSPS) is 10.0. The maximum absolute atomic E-state index is 11.8. The molecule has 20 heavy (non-hydrogen) atoms. The number of anilines is 1. The van der Waals surface area contributed by atoms with Crippen molar-refractivity contribution in [3.8, 4) is 0 Å². The highest BCUT2D eigenvalue weighted by Crippen LogP contribution is 2.20. The Morgan fingerprint density at radius 2 is 1.85 bits per heavy atom. The average molecular weight is 278 g/mol. The summed E-state index contributed by atoms with van der Waals surface area (Å²) in [6.45, 7) is 4.78. The number of benzene rings is 1. The quantitative estimate of drug-likeness (QED) is 0.872. The number of hydrogen-bond donors (Lipinski definition) is 2. The molecule has 6 heteroatoms. The maximum atomic E-state index is 11.8. The van der Waals surface area contributed by atoms with Crippen molar-refractivity contribution in [1.29, 1.82) is 0 Å². The fraction of sp³-hybridized carbons (Fsp3) is 0.357. The van der Waals surface area contributed by atoms with E-state index in [2.05, 4.69) is 5.32 Å². The van der Waals surface area contributed by atoms with Crippen molar-refractivity contribution < 1.29 is 19.5 Å². The van der Waals surface area contributed by atoms with Gasteiger partial charge < -0.3 is 15.3 Å². The number of carboxylic acid groups (broad SMARTS) is 1. The number of aryl methyl sites for hydroxylation is 1. The lowest BCUT2D eigenvalue weighted by Gasteiger charge is -2.15. The molecule has 0 bridgehead atoms. The third-order valence-electron chi connectivity index (χ3n) is 3.10. The van der Waals surface area contributed by atoms with Gasteiger partial charge in [0.2, 0.25) is 11.8 Å². The van der Waals surface area contributed by atoms with Crippen molar-refractivity contribution in [2.75, 3.05) is 18.9 Å². The highest BCUT2D eigenvalue weighted by Gasteiger charge is 2.13. The molecule has 0 saturated carbocycles. The molecule has 0 fully saturated rings. The van der Waals surface area contributed by atoms with Gasteiger partial charge in [0, 0.05) is 19.7 Å². The van der Waals surface area contributed by atoms with Crippen molar-refractivity contribution in [1.82, 2.24) is 4.90 Å². The van der Waals surface area contributed by atoms with Crippen LogP contribution in [0.3, 0.4) is 0 Å². The van der Waals surface area contributed by atoms with E-state index >= 15 is 0 Å². The van der Waals surface area contributed by atoms with Crippen LogP contribution in [0.15, 0.2) is 12.1 Å². The monoisotopic (exact) mass is 278 g/mol. The number of rotatable bonds is 4. The van der Waals surface area contributed by atoms with Crippen LogP contribution >= 0.6 is 0 Å². The number of nitrogens with zero attached hydrogens (tertiary/aromatic N) is 1. The molecule has 6 nitrogen and oxygen atoms in total. The van der Waals surface area contributed by atoms with E-state index in [1.54, 1.807) is 19.9 Å². The first kappa shape index (κ1) is 15.7. The van der Waals surface area contributed by atoms with Gasteiger partial charge in [0.1, 0.15) is 0 Å². The number of likely N-dealkylation sites (N-methyl/N-ethyl adjacent to an activating group) is 1. The highest BCUT2D eigenvalue weighted by molar-refractivity contribution is 5.97. The standard InChI is InChI=1S/C14H18N2O4/c1-8-5-11(6-12(9(8)2)14(19)20)15-13(18)7-16(4)10(3)17/h5-6H,7H2,1-4H3,(H,15,18)(H,19,20). The van der Waals surface area contributed by atoms with Crippen molar-refractivity contribution >= 4 is 23.5 Å². The molecule has 2 N–H and O–H groups in total. The first-order chi connectivity index (χ1) is 9.22. The van der Waals surface area contributed by atoms with Gasteiger partial charge in [-0.15, -0.1) is 0 Å². The Bertz CT molecular complexity index is 567. The van der Waals surface area contributed by atoms with Gasteiger partial charge in [0.25, 0.3) is 0 Å². The van der Waals surface area contributed by atoms with Crippen LogP contribution in [-0.2, 0) is 9.59 Å². The fourth-order valence-corrected chi connectivity index (χ4v) is 1.68. The first-order valence-electron chi connectivity index (χ1n) is 6.08. The number of nitrogens with one attached hydrogen (secondary N) is 1. The number of hydrogen-bond acceptors (Lipinski definition) is 3. The first-order valence-corrected chi connectivity index (χ1v) is 6.08. The lowest BCUT2D eigenvalue weighted by Crippen LogP contribution is -2.33. The predicted octanol–water partition coefficient (Wildman–Crippen LogP) is 1.42. The van der Waals surface area contributed by atoms with Crippen LogP contribution in [0.2, 0.25) is 0 Å². The van der Waals surface area contributed by atoms with E-state index in [0.717, 1.165) is 5.56 Å². The van der Waals surface area contributed by atoms with Gasteiger partial charge in [0.15, 0.2) is 0 Å². The molecule has 0 atom stereocenters. The Balaban J connectivity index is 2.91. The van der Waals surface area contributed by atoms with Crippen LogP contribution in [0.1, 0.15) is 28.4 Å². The Hall–Kier alpha value is -2.37. The minimum Gasteiger partial charge on any atom is -0.478 e. The van der Waals surface area contributed by atoms with Gasteiger partial charge in [-0.25, -0.2) is 4.79 Å². The summed E-state index contributed by atoms with van der Waals surface area (Å²) < 4.78 is 0. The molecule has 0 aliphatic heterocycles. The summed E-state index contributed by atoms with van der Waals surface area (Å²) in [6.07, 6.45) is 0. The molecular weight excluding hydrogens is 260 g/mol. The van der Waals surface area contributed by atoms with Gasteiger partial charge in [0.05, 0.1) is 12.1 Å².